The highest BCUT2D eigenvalue weighted by Crippen LogP contribution is 2.40. The Bertz CT molecular complexity index is 1340. The Morgan fingerprint density at radius 3 is 2.88 bits per heavy atom. The summed E-state index contributed by atoms with van der Waals surface area (Å²) in [4.78, 5) is 27.6. The number of hydrogen-bond donors (Lipinski definition) is 1. The van der Waals surface area contributed by atoms with Crippen LogP contribution in [0, 0.1) is 5.92 Å². The van der Waals surface area contributed by atoms with Crippen LogP contribution in [0.5, 0.6) is 0 Å². The average molecular weight is 513 g/mol. The molecule has 0 aliphatic heterocycles. The quantitative estimate of drug-likeness (QED) is 0.258. The molecule has 1 N–H and O–H groups in total. The van der Waals surface area contributed by atoms with Crippen LogP contribution in [0.3, 0.4) is 0 Å². The van der Waals surface area contributed by atoms with Crippen LogP contribution in [0.4, 0.5) is 5.00 Å². The molecule has 10 heteroatoms. The first-order valence-electron chi connectivity index (χ1n) is 11.2. The summed E-state index contributed by atoms with van der Waals surface area (Å²) < 4.78 is 7.29. The topological polar surface area (TPSA) is 85.6 Å². The van der Waals surface area contributed by atoms with Gasteiger partial charge in [0.25, 0.3) is 0 Å². The molecule has 1 aliphatic carbocycles. The summed E-state index contributed by atoms with van der Waals surface area (Å²) in [7, 11) is 0. The van der Waals surface area contributed by atoms with Crippen molar-refractivity contribution in [1.82, 2.24) is 14.6 Å². The Balaban J connectivity index is 1.34. The number of nitrogens with one attached hydrogen (secondary N) is 1. The number of carbonyl (C=O) groups excluding carboxylic acids is 2. The van der Waals surface area contributed by atoms with Crippen LogP contribution in [-0.4, -0.2) is 38.8 Å². The van der Waals surface area contributed by atoms with Gasteiger partial charge in [-0.25, -0.2) is 4.79 Å². The van der Waals surface area contributed by atoms with Crippen molar-refractivity contribution < 1.29 is 14.3 Å². The molecule has 1 aliphatic rings. The van der Waals surface area contributed by atoms with Gasteiger partial charge >= 0.3 is 5.97 Å². The van der Waals surface area contributed by atoms with Crippen LogP contribution in [0.1, 0.15) is 41.1 Å². The fourth-order valence-corrected chi connectivity index (χ4v) is 7.21. The molecule has 5 rings (SSSR count). The standard InChI is InChI=1S/C24H24N4O3S3/c1-3-31-22(30)20-16-10-9-14(2)11-18(16)34-21(20)25-19(29)13-33-24-27-26-23-28(24)17(12-32-23)15-7-5-4-6-8-15/h4-8,12,14H,3,9-11,13H2,1-2H3,(H,25,29)/t14-/m1/s1. The molecule has 0 unspecified atom stereocenters. The number of thioether (sulfide) groups is 1. The molecule has 0 fully saturated rings. The van der Waals surface area contributed by atoms with Gasteiger partial charge in [-0.1, -0.05) is 49.0 Å². The second kappa shape index (κ2) is 9.89. The molecule has 0 spiro atoms. The van der Waals surface area contributed by atoms with Gasteiger partial charge in [0.1, 0.15) is 5.00 Å². The van der Waals surface area contributed by atoms with E-state index in [1.54, 1.807) is 6.92 Å². The third kappa shape index (κ3) is 4.49. The lowest BCUT2D eigenvalue weighted by Gasteiger charge is -2.18. The van der Waals surface area contributed by atoms with Gasteiger partial charge in [0, 0.05) is 10.3 Å². The van der Waals surface area contributed by atoms with Crippen molar-refractivity contribution in [2.24, 2.45) is 5.92 Å². The van der Waals surface area contributed by atoms with Crippen molar-refractivity contribution in [1.29, 1.82) is 0 Å². The van der Waals surface area contributed by atoms with Crippen LogP contribution in [0.2, 0.25) is 0 Å². The van der Waals surface area contributed by atoms with Crippen molar-refractivity contribution in [3.8, 4) is 11.3 Å². The molecule has 0 saturated carbocycles. The van der Waals surface area contributed by atoms with Crippen LogP contribution in [-0.2, 0) is 22.4 Å². The lowest BCUT2D eigenvalue weighted by Crippen LogP contribution is -2.17. The number of anilines is 1. The molecule has 0 radical (unpaired) electrons. The van der Waals surface area contributed by atoms with E-state index in [9.17, 15) is 9.59 Å². The summed E-state index contributed by atoms with van der Waals surface area (Å²) in [6.07, 6.45) is 2.80. The van der Waals surface area contributed by atoms with Gasteiger partial charge in [0.05, 0.1) is 23.6 Å². The zero-order chi connectivity index (χ0) is 23.7. The van der Waals surface area contributed by atoms with E-state index < -0.39 is 0 Å². The van der Waals surface area contributed by atoms with Crippen LogP contribution in [0.15, 0.2) is 40.9 Å². The largest absolute Gasteiger partial charge is 0.462 e. The number of ether oxygens (including phenoxy) is 1. The Kier molecular flexibility index (Phi) is 6.71. The number of aromatic nitrogens is 3. The molecule has 34 heavy (non-hydrogen) atoms. The molecule has 3 heterocycles. The van der Waals surface area contributed by atoms with E-state index in [1.165, 1.54) is 39.3 Å². The van der Waals surface area contributed by atoms with Crippen molar-refractivity contribution in [2.75, 3.05) is 17.7 Å². The predicted molar refractivity (Wildman–Crippen MR) is 137 cm³/mol. The molecule has 1 amide bonds. The molecule has 176 valence electrons. The molecule has 1 atom stereocenters. The first-order valence-corrected chi connectivity index (χ1v) is 13.9. The lowest BCUT2D eigenvalue weighted by molar-refractivity contribution is -0.113. The number of carbonyl (C=O) groups is 2. The highest BCUT2D eigenvalue weighted by atomic mass is 32.2. The zero-order valence-electron chi connectivity index (χ0n) is 18.9. The number of esters is 1. The summed E-state index contributed by atoms with van der Waals surface area (Å²) >= 11 is 4.35. The third-order valence-electron chi connectivity index (χ3n) is 5.77. The van der Waals surface area contributed by atoms with E-state index in [-0.39, 0.29) is 17.6 Å². The van der Waals surface area contributed by atoms with E-state index in [1.807, 2.05) is 40.1 Å². The fraction of sp³-hybridized carbons (Fsp3) is 0.333. The number of rotatable bonds is 7. The summed E-state index contributed by atoms with van der Waals surface area (Å²) in [5.74, 6) is 0.185. The molecular formula is C24H24N4O3S3. The normalized spacial score (nSPS) is 15.3. The molecule has 3 aromatic heterocycles. The maximum atomic E-state index is 12.9. The highest BCUT2D eigenvalue weighted by Gasteiger charge is 2.29. The number of fused-ring (bicyclic) bond motifs is 2. The highest BCUT2D eigenvalue weighted by molar-refractivity contribution is 7.99. The van der Waals surface area contributed by atoms with Gasteiger partial charge in [-0.2, -0.15) is 0 Å². The van der Waals surface area contributed by atoms with E-state index in [2.05, 4.69) is 22.4 Å². The van der Waals surface area contributed by atoms with E-state index in [4.69, 9.17) is 4.74 Å². The van der Waals surface area contributed by atoms with Crippen molar-refractivity contribution >= 4 is 56.3 Å². The Labute approximate surface area is 209 Å². The third-order valence-corrected chi connectivity index (χ3v) is 8.68. The second-order valence-electron chi connectivity index (χ2n) is 8.20. The zero-order valence-corrected chi connectivity index (χ0v) is 21.3. The van der Waals surface area contributed by atoms with E-state index in [0.717, 1.165) is 41.0 Å². The second-order valence-corrected chi connectivity index (χ2v) is 11.1. The Hall–Kier alpha value is -2.69. The van der Waals surface area contributed by atoms with Gasteiger partial charge < -0.3 is 10.1 Å². The van der Waals surface area contributed by atoms with E-state index >= 15 is 0 Å². The molecule has 1 aromatic carbocycles. The molecule has 4 aromatic rings. The number of amides is 1. The lowest BCUT2D eigenvalue weighted by atomic mass is 9.88. The smallest absolute Gasteiger partial charge is 0.341 e. The maximum absolute atomic E-state index is 12.9. The van der Waals surface area contributed by atoms with Gasteiger partial charge in [-0.15, -0.1) is 32.9 Å². The fourth-order valence-electron chi connectivity index (χ4n) is 4.15. The summed E-state index contributed by atoms with van der Waals surface area (Å²) in [6, 6.07) is 10.0. The molecule has 0 bridgehead atoms. The Morgan fingerprint density at radius 2 is 2.09 bits per heavy atom. The minimum absolute atomic E-state index is 0.159. The van der Waals surface area contributed by atoms with Gasteiger partial charge in [0.15, 0.2) is 5.16 Å². The number of thiazole rings is 1. The van der Waals surface area contributed by atoms with Crippen LogP contribution in [0.25, 0.3) is 16.2 Å². The SMILES string of the molecule is CCOC(=O)c1c(NC(=O)CSc2nnc3scc(-c4ccccc4)n23)sc2c1CC[C@@H](C)C2. The minimum Gasteiger partial charge on any atom is -0.462 e. The molecule has 7 nitrogen and oxygen atoms in total. The Morgan fingerprint density at radius 1 is 1.26 bits per heavy atom. The van der Waals surface area contributed by atoms with E-state index in [0.29, 0.717) is 28.2 Å². The van der Waals surface area contributed by atoms with Gasteiger partial charge in [-0.05, 0) is 43.2 Å². The van der Waals surface area contributed by atoms with Gasteiger partial charge in [-0.3, -0.25) is 9.20 Å². The first kappa shape index (κ1) is 23.1. The number of benzene rings is 1. The maximum Gasteiger partial charge on any atom is 0.341 e. The predicted octanol–water partition coefficient (Wildman–Crippen LogP) is 5.55. The number of thiophene rings is 1. The van der Waals surface area contributed by atoms with Gasteiger partial charge in [0.2, 0.25) is 10.9 Å². The minimum atomic E-state index is -0.359. The van der Waals surface area contributed by atoms with Crippen LogP contribution < -0.4 is 5.32 Å². The first-order chi connectivity index (χ1) is 16.5. The summed E-state index contributed by atoms with van der Waals surface area (Å²) in [5, 5.41) is 14.8. The average Bonchev–Trinajstić information content (AvgIpc) is 3.51. The summed E-state index contributed by atoms with van der Waals surface area (Å²) in [6.45, 7) is 4.31. The van der Waals surface area contributed by atoms with Crippen LogP contribution >= 0.6 is 34.4 Å². The summed E-state index contributed by atoms with van der Waals surface area (Å²) in [5.41, 5.74) is 3.63. The van der Waals surface area contributed by atoms with Crippen molar-refractivity contribution in [2.45, 2.75) is 38.3 Å². The monoisotopic (exact) mass is 512 g/mol. The number of hydrogen-bond acceptors (Lipinski definition) is 8. The van der Waals surface area contributed by atoms with Crippen molar-refractivity contribution in [3.63, 3.8) is 0 Å². The molecular weight excluding hydrogens is 488 g/mol. The number of nitrogens with zero attached hydrogens (tertiary/aromatic N) is 3. The van der Waals surface area contributed by atoms with Crippen molar-refractivity contribution in [3.05, 3.63) is 51.7 Å². The molecule has 0 saturated heterocycles.